The van der Waals surface area contributed by atoms with E-state index in [0.717, 1.165) is 11.4 Å². The Bertz CT molecular complexity index is 465. The highest BCUT2D eigenvalue weighted by Gasteiger charge is 2.02. The molecule has 0 heterocycles. The molecule has 2 N–H and O–H groups in total. The van der Waals surface area contributed by atoms with Gasteiger partial charge >= 0.3 is 0 Å². The molecule has 0 saturated carbocycles. The molecule has 19 heavy (non-hydrogen) atoms. The Morgan fingerprint density at radius 2 is 2.11 bits per heavy atom. The highest BCUT2D eigenvalue weighted by molar-refractivity contribution is 7.85. The van der Waals surface area contributed by atoms with Crippen molar-refractivity contribution in [1.29, 1.82) is 0 Å². The number of nitrogens with one attached hydrogen (secondary N) is 2. The lowest BCUT2D eigenvalue weighted by atomic mass is 10.4. The SMILES string of the molecule is C#CCNC(=NCCS(=O)c1ccccc1)NCC. The highest BCUT2D eigenvalue weighted by Crippen LogP contribution is 2.04. The van der Waals surface area contributed by atoms with E-state index in [1.165, 1.54) is 0 Å². The topological polar surface area (TPSA) is 53.5 Å². The van der Waals surface area contributed by atoms with Crippen LogP contribution in [0.2, 0.25) is 0 Å². The summed E-state index contributed by atoms with van der Waals surface area (Å²) in [5.41, 5.74) is 0. The fourth-order valence-corrected chi connectivity index (χ4v) is 2.36. The second kappa shape index (κ2) is 9.17. The van der Waals surface area contributed by atoms with Crippen LogP contribution in [0.15, 0.2) is 40.2 Å². The largest absolute Gasteiger partial charge is 0.357 e. The predicted molar refractivity (Wildman–Crippen MR) is 80.5 cm³/mol. The van der Waals surface area contributed by atoms with E-state index < -0.39 is 10.8 Å². The number of terminal acetylenes is 1. The first-order valence-electron chi connectivity index (χ1n) is 6.17. The zero-order valence-electron chi connectivity index (χ0n) is 11.1. The van der Waals surface area contributed by atoms with Crippen molar-refractivity contribution >= 4 is 16.8 Å². The third kappa shape index (κ3) is 6.07. The summed E-state index contributed by atoms with van der Waals surface area (Å²) in [6.45, 7) is 3.66. The van der Waals surface area contributed by atoms with Gasteiger partial charge in [-0.2, -0.15) is 0 Å². The summed E-state index contributed by atoms with van der Waals surface area (Å²) in [7, 11) is -1.01. The maximum absolute atomic E-state index is 12.0. The Balaban J connectivity index is 2.46. The van der Waals surface area contributed by atoms with E-state index in [2.05, 4.69) is 21.5 Å². The Morgan fingerprint density at radius 3 is 2.74 bits per heavy atom. The van der Waals surface area contributed by atoms with Gasteiger partial charge in [-0.3, -0.25) is 9.20 Å². The quantitative estimate of drug-likeness (QED) is 0.463. The minimum Gasteiger partial charge on any atom is -0.357 e. The minimum atomic E-state index is -1.01. The molecule has 0 bridgehead atoms. The molecular formula is C14H19N3OS. The number of aliphatic imine (C=N–C) groups is 1. The molecule has 102 valence electrons. The van der Waals surface area contributed by atoms with Crippen LogP contribution in [0.5, 0.6) is 0 Å². The van der Waals surface area contributed by atoms with E-state index in [0.29, 0.717) is 24.8 Å². The molecule has 0 aliphatic heterocycles. The highest BCUT2D eigenvalue weighted by atomic mass is 32.2. The average Bonchev–Trinajstić information content (AvgIpc) is 2.45. The molecule has 1 rings (SSSR count). The fourth-order valence-electron chi connectivity index (χ4n) is 1.41. The Labute approximate surface area is 117 Å². The van der Waals surface area contributed by atoms with Gasteiger partial charge in [-0.05, 0) is 19.1 Å². The van der Waals surface area contributed by atoms with Crippen molar-refractivity contribution < 1.29 is 4.21 Å². The van der Waals surface area contributed by atoms with E-state index in [1.807, 2.05) is 37.3 Å². The molecule has 0 spiro atoms. The molecule has 1 aromatic rings. The Hall–Kier alpha value is -1.80. The molecular weight excluding hydrogens is 258 g/mol. The lowest BCUT2D eigenvalue weighted by molar-refractivity contribution is 0.682. The number of hydrogen-bond donors (Lipinski definition) is 2. The molecule has 1 unspecified atom stereocenters. The molecule has 0 radical (unpaired) electrons. The summed E-state index contributed by atoms with van der Waals surface area (Å²) < 4.78 is 12.0. The van der Waals surface area contributed by atoms with E-state index >= 15 is 0 Å². The summed E-state index contributed by atoms with van der Waals surface area (Å²) >= 11 is 0. The third-order valence-electron chi connectivity index (χ3n) is 2.25. The van der Waals surface area contributed by atoms with Gasteiger partial charge < -0.3 is 10.6 Å². The summed E-state index contributed by atoms with van der Waals surface area (Å²) in [6.07, 6.45) is 5.18. The van der Waals surface area contributed by atoms with Crippen LogP contribution in [-0.4, -0.2) is 35.6 Å². The van der Waals surface area contributed by atoms with E-state index in [-0.39, 0.29) is 0 Å². The van der Waals surface area contributed by atoms with Crippen LogP contribution in [0.1, 0.15) is 6.92 Å². The van der Waals surface area contributed by atoms with Crippen LogP contribution in [-0.2, 0) is 10.8 Å². The van der Waals surface area contributed by atoms with E-state index in [4.69, 9.17) is 6.42 Å². The summed E-state index contributed by atoms with van der Waals surface area (Å²) in [6, 6.07) is 9.40. The standard InChI is InChI=1S/C14H19N3OS/c1-3-10-16-14(15-4-2)17-11-12-19(18)13-8-6-5-7-9-13/h1,5-9H,4,10-12H2,2H3,(H2,15,16,17). The van der Waals surface area contributed by atoms with Gasteiger partial charge in [-0.15, -0.1) is 6.42 Å². The van der Waals surface area contributed by atoms with Gasteiger partial charge in [0.15, 0.2) is 5.96 Å². The Kier molecular flexibility index (Phi) is 7.37. The number of nitrogens with zero attached hydrogens (tertiary/aromatic N) is 1. The lowest BCUT2D eigenvalue weighted by Gasteiger charge is -2.08. The average molecular weight is 277 g/mol. The first-order chi connectivity index (χ1) is 9.27. The second-order valence-corrected chi connectivity index (χ2v) is 5.25. The summed E-state index contributed by atoms with van der Waals surface area (Å²) in [5, 5.41) is 6.06. The van der Waals surface area contributed by atoms with Gasteiger partial charge in [-0.25, -0.2) is 0 Å². The van der Waals surface area contributed by atoms with Crippen LogP contribution < -0.4 is 10.6 Å². The predicted octanol–water partition coefficient (Wildman–Crippen LogP) is 0.982. The van der Waals surface area contributed by atoms with Crippen molar-refractivity contribution in [1.82, 2.24) is 10.6 Å². The van der Waals surface area contributed by atoms with E-state index in [1.54, 1.807) is 0 Å². The van der Waals surface area contributed by atoms with Crippen molar-refractivity contribution in [2.45, 2.75) is 11.8 Å². The van der Waals surface area contributed by atoms with Crippen molar-refractivity contribution in [2.75, 3.05) is 25.4 Å². The van der Waals surface area contributed by atoms with Gasteiger partial charge in [0, 0.05) is 17.2 Å². The van der Waals surface area contributed by atoms with Crippen LogP contribution in [0, 0.1) is 12.3 Å². The smallest absolute Gasteiger partial charge is 0.192 e. The number of benzene rings is 1. The summed E-state index contributed by atoms with van der Waals surface area (Å²) in [4.78, 5) is 5.15. The molecule has 0 amide bonds. The molecule has 5 heteroatoms. The maximum atomic E-state index is 12.0. The monoisotopic (exact) mass is 277 g/mol. The molecule has 0 aromatic heterocycles. The maximum Gasteiger partial charge on any atom is 0.192 e. The van der Waals surface area contributed by atoms with Gasteiger partial charge in [0.05, 0.1) is 23.9 Å². The van der Waals surface area contributed by atoms with Crippen molar-refractivity contribution in [3.63, 3.8) is 0 Å². The minimum absolute atomic E-state index is 0.424. The summed E-state index contributed by atoms with van der Waals surface area (Å²) in [5.74, 6) is 3.64. The zero-order chi connectivity index (χ0) is 13.9. The molecule has 1 aromatic carbocycles. The van der Waals surface area contributed by atoms with Crippen molar-refractivity contribution in [3.8, 4) is 12.3 Å². The first-order valence-corrected chi connectivity index (χ1v) is 7.49. The number of hydrogen-bond acceptors (Lipinski definition) is 2. The molecule has 0 aliphatic carbocycles. The molecule has 4 nitrogen and oxygen atoms in total. The van der Waals surface area contributed by atoms with Crippen molar-refractivity contribution in [3.05, 3.63) is 30.3 Å². The Morgan fingerprint density at radius 1 is 1.37 bits per heavy atom. The number of rotatable bonds is 6. The normalized spacial score (nSPS) is 12.5. The zero-order valence-corrected chi connectivity index (χ0v) is 11.9. The van der Waals surface area contributed by atoms with Crippen LogP contribution in [0.4, 0.5) is 0 Å². The molecule has 0 aliphatic rings. The van der Waals surface area contributed by atoms with Crippen LogP contribution in [0.3, 0.4) is 0 Å². The fraction of sp³-hybridized carbons (Fsp3) is 0.357. The third-order valence-corrected chi connectivity index (χ3v) is 3.61. The van der Waals surface area contributed by atoms with Gasteiger partial charge in [0.1, 0.15) is 0 Å². The number of guanidine groups is 1. The molecule has 1 atom stereocenters. The van der Waals surface area contributed by atoms with Gasteiger partial charge in [0.25, 0.3) is 0 Å². The van der Waals surface area contributed by atoms with Crippen LogP contribution in [0.25, 0.3) is 0 Å². The second-order valence-electron chi connectivity index (χ2n) is 3.68. The van der Waals surface area contributed by atoms with E-state index in [9.17, 15) is 4.21 Å². The van der Waals surface area contributed by atoms with Crippen LogP contribution >= 0.6 is 0 Å². The van der Waals surface area contributed by atoms with Gasteiger partial charge in [-0.1, -0.05) is 24.1 Å². The van der Waals surface area contributed by atoms with Gasteiger partial charge in [0.2, 0.25) is 0 Å². The first kappa shape index (κ1) is 15.3. The lowest BCUT2D eigenvalue weighted by Crippen LogP contribution is -2.37. The molecule has 0 fully saturated rings. The molecule has 0 saturated heterocycles. The van der Waals surface area contributed by atoms with Crippen molar-refractivity contribution in [2.24, 2.45) is 4.99 Å².